The van der Waals surface area contributed by atoms with Gasteiger partial charge in [0.05, 0.1) is 17.2 Å². The van der Waals surface area contributed by atoms with Gasteiger partial charge in [0, 0.05) is 23.7 Å². The molecule has 0 aliphatic carbocycles. The number of pyridine rings is 1. The SMILES string of the molecule is Oc1cccc(NCC(O)c2cc(C(F)(F)F)nc3c(C(F)(F)F)cccc23)c1. The third-order valence-corrected chi connectivity index (χ3v) is 4.17. The number of hydrogen-bond acceptors (Lipinski definition) is 4. The summed E-state index contributed by atoms with van der Waals surface area (Å²) in [7, 11) is 0. The average molecular weight is 416 g/mol. The summed E-state index contributed by atoms with van der Waals surface area (Å²) in [5, 5.41) is 22.3. The third kappa shape index (κ3) is 4.53. The molecule has 3 aromatic rings. The zero-order valence-corrected chi connectivity index (χ0v) is 14.5. The number of rotatable bonds is 4. The van der Waals surface area contributed by atoms with Crippen molar-refractivity contribution in [2.75, 3.05) is 11.9 Å². The predicted octanol–water partition coefficient (Wildman–Crippen LogP) is 5.12. The number of aromatic nitrogens is 1. The number of para-hydroxylation sites is 1. The van der Waals surface area contributed by atoms with E-state index in [-0.39, 0.29) is 23.2 Å². The van der Waals surface area contributed by atoms with Crippen molar-refractivity contribution < 1.29 is 36.6 Å². The number of aliphatic hydroxyl groups is 1. The number of phenols is 1. The first-order valence-corrected chi connectivity index (χ1v) is 8.26. The predicted molar refractivity (Wildman–Crippen MR) is 93.3 cm³/mol. The van der Waals surface area contributed by atoms with Crippen LogP contribution in [0.15, 0.2) is 48.5 Å². The van der Waals surface area contributed by atoms with E-state index in [1.54, 1.807) is 6.07 Å². The second-order valence-corrected chi connectivity index (χ2v) is 6.24. The van der Waals surface area contributed by atoms with E-state index < -0.39 is 35.2 Å². The first-order chi connectivity index (χ1) is 13.5. The third-order valence-electron chi connectivity index (χ3n) is 4.17. The number of benzene rings is 2. The molecule has 0 saturated carbocycles. The summed E-state index contributed by atoms with van der Waals surface area (Å²) in [5.41, 5.74) is -3.72. The fourth-order valence-corrected chi connectivity index (χ4v) is 2.86. The van der Waals surface area contributed by atoms with Crippen LogP contribution in [0.2, 0.25) is 0 Å². The van der Waals surface area contributed by atoms with Crippen LogP contribution in [0.3, 0.4) is 0 Å². The van der Waals surface area contributed by atoms with Gasteiger partial charge in [-0.3, -0.25) is 0 Å². The summed E-state index contributed by atoms with van der Waals surface area (Å²) in [4.78, 5) is 3.18. The number of halogens is 6. The van der Waals surface area contributed by atoms with E-state index in [1.807, 2.05) is 0 Å². The molecule has 10 heteroatoms. The molecule has 0 spiro atoms. The van der Waals surface area contributed by atoms with Crippen LogP contribution in [-0.2, 0) is 12.4 Å². The molecule has 154 valence electrons. The highest BCUT2D eigenvalue weighted by molar-refractivity contribution is 5.86. The molecule has 29 heavy (non-hydrogen) atoms. The van der Waals surface area contributed by atoms with E-state index in [0.717, 1.165) is 6.07 Å². The van der Waals surface area contributed by atoms with Crippen molar-refractivity contribution in [3.63, 3.8) is 0 Å². The van der Waals surface area contributed by atoms with Gasteiger partial charge in [-0.25, -0.2) is 4.98 Å². The Hall–Kier alpha value is -3.01. The molecule has 0 radical (unpaired) electrons. The van der Waals surface area contributed by atoms with Crippen LogP contribution >= 0.6 is 0 Å². The second kappa shape index (κ2) is 7.43. The summed E-state index contributed by atoms with van der Waals surface area (Å²) in [5.74, 6) is -0.0759. The summed E-state index contributed by atoms with van der Waals surface area (Å²) >= 11 is 0. The maximum atomic E-state index is 13.3. The molecule has 0 aliphatic rings. The highest BCUT2D eigenvalue weighted by atomic mass is 19.4. The summed E-state index contributed by atoms with van der Waals surface area (Å²) in [6.45, 7) is -0.309. The fourth-order valence-electron chi connectivity index (χ4n) is 2.86. The van der Waals surface area contributed by atoms with E-state index in [0.29, 0.717) is 17.8 Å². The van der Waals surface area contributed by atoms with Crippen molar-refractivity contribution in [3.8, 4) is 5.75 Å². The van der Waals surface area contributed by atoms with Gasteiger partial charge in [-0.1, -0.05) is 18.2 Å². The monoisotopic (exact) mass is 416 g/mol. The van der Waals surface area contributed by atoms with Crippen molar-refractivity contribution in [2.24, 2.45) is 0 Å². The van der Waals surface area contributed by atoms with Gasteiger partial charge in [0.1, 0.15) is 11.4 Å². The van der Waals surface area contributed by atoms with Crippen LogP contribution in [0.1, 0.15) is 22.9 Å². The van der Waals surface area contributed by atoms with Crippen LogP contribution in [0.4, 0.5) is 32.0 Å². The van der Waals surface area contributed by atoms with E-state index in [4.69, 9.17) is 0 Å². The van der Waals surface area contributed by atoms with Crippen LogP contribution in [0.5, 0.6) is 5.75 Å². The minimum Gasteiger partial charge on any atom is -0.508 e. The van der Waals surface area contributed by atoms with E-state index in [2.05, 4.69) is 10.3 Å². The van der Waals surface area contributed by atoms with E-state index in [1.165, 1.54) is 24.3 Å². The topological polar surface area (TPSA) is 65.4 Å². The molecule has 0 amide bonds. The summed E-state index contributed by atoms with van der Waals surface area (Å²) < 4.78 is 79.4. The first kappa shape index (κ1) is 20.7. The van der Waals surface area contributed by atoms with Gasteiger partial charge < -0.3 is 15.5 Å². The maximum Gasteiger partial charge on any atom is 0.433 e. The quantitative estimate of drug-likeness (QED) is 0.517. The number of hydrogen-bond donors (Lipinski definition) is 3. The van der Waals surface area contributed by atoms with Crippen molar-refractivity contribution in [3.05, 3.63) is 65.4 Å². The summed E-state index contributed by atoms with van der Waals surface area (Å²) in [6.07, 6.45) is -11.5. The van der Waals surface area contributed by atoms with Crippen LogP contribution < -0.4 is 5.32 Å². The molecular formula is C19H14F6N2O2. The Morgan fingerprint density at radius 3 is 2.24 bits per heavy atom. The Labute approximate surface area is 160 Å². The lowest BCUT2D eigenvalue weighted by Gasteiger charge is -2.19. The lowest BCUT2D eigenvalue weighted by molar-refractivity contribution is -0.142. The average Bonchev–Trinajstić information content (AvgIpc) is 2.63. The maximum absolute atomic E-state index is 13.3. The molecule has 1 unspecified atom stereocenters. The Morgan fingerprint density at radius 2 is 1.62 bits per heavy atom. The van der Waals surface area contributed by atoms with Gasteiger partial charge in [0.25, 0.3) is 0 Å². The highest BCUT2D eigenvalue weighted by Gasteiger charge is 2.37. The Balaban J connectivity index is 2.07. The number of phenolic OH excluding ortho intramolecular Hbond substituents is 1. The molecule has 2 aromatic carbocycles. The van der Waals surface area contributed by atoms with Gasteiger partial charge in [-0.2, -0.15) is 26.3 Å². The number of aliphatic hydroxyl groups excluding tert-OH is 1. The minimum absolute atomic E-state index is 0.0759. The first-order valence-electron chi connectivity index (χ1n) is 8.26. The number of alkyl halides is 6. The normalized spacial score (nSPS) is 13.5. The zero-order chi connectivity index (χ0) is 21.4. The van der Waals surface area contributed by atoms with E-state index >= 15 is 0 Å². The number of aromatic hydroxyl groups is 1. The lowest BCUT2D eigenvalue weighted by atomic mass is 9.99. The second-order valence-electron chi connectivity index (χ2n) is 6.24. The van der Waals surface area contributed by atoms with Crippen LogP contribution in [-0.4, -0.2) is 21.7 Å². The standard InChI is InChI=1S/C19H14F6N2O2/c20-18(21,22)14-6-2-5-12-13(8-16(19(23,24)25)27-17(12)14)15(29)9-26-10-3-1-4-11(28)7-10/h1-8,15,26,28-29H,9H2. The molecular weight excluding hydrogens is 402 g/mol. The van der Waals surface area contributed by atoms with Crippen LogP contribution in [0, 0.1) is 0 Å². The van der Waals surface area contributed by atoms with Crippen molar-refractivity contribution in [1.29, 1.82) is 0 Å². The minimum atomic E-state index is -5.00. The Bertz CT molecular complexity index is 1030. The molecule has 1 heterocycles. The Kier molecular flexibility index (Phi) is 5.31. The molecule has 1 aromatic heterocycles. The number of fused-ring (bicyclic) bond motifs is 1. The lowest BCUT2D eigenvalue weighted by Crippen LogP contribution is -2.17. The Morgan fingerprint density at radius 1 is 0.931 bits per heavy atom. The molecule has 0 bridgehead atoms. The molecule has 0 fully saturated rings. The number of nitrogens with zero attached hydrogens (tertiary/aromatic N) is 1. The fraction of sp³-hybridized carbons (Fsp3) is 0.211. The molecule has 0 aliphatic heterocycles. The van der Waals surface area contributed by atoms with Gasteiger partial charge >= 0.3 is 12.4 Å². The smallest absolute Gasteiger partial charge is 0.433 e. The molecule has 3 N–H and O–H groups in total. The van der Waals surface area contributed by atoms with Gasteiger partial charge in [0.2, 0.25) is 0 Å². The molecule has 1 atom stereocenters. The molecule has 4 nitrogen and oxygen atoms in total. The van der Waals surface area contributed by atoms with Gasteiger partial charge in [-0.05, 0) is 29.8 Å². The number of anilines is 1. The molecule has 3 rings (SSSR count). The highest BCUT2D eigenvalue weighted by Crippen LogP contribution is 2.39. The van der Waals surface area contributed by atoms with Crippen LogP contribution in [0.25, 0.3) is 10.9 Å². The van der Waals surface area contributed by atoms with Gasteiger partial charge in [-0.15, -0.1) is 0 Å². The summed E-state index contributed by atoms with van der Waals surface area (Å²) in [6, 6.07) is 9.15. The zero-order valence-electron chi connectivity index (χ0n) is 14.5. The van der Waals surface area contributed by atoms with Crippen molar-refractivity contribution >= 4 is 16.6 Å². The van der Waals surface area contributed by atoms with Gasteiger partial charge in [0.15, 0.2) is 0 Å². The van der Waals surface area contributed by atoms with Crippen molar-refractivity contribution in [2.45, 2.75) is 18.5 Å². The van der Waals surface area contributed by atoms with E-state index in [9.17, 15) is 36.6 Å². The largest absolute Gasteiger partial charge is 0.508 e. The molecule has 0 saturated heterocycles. The van der Waals surface area contributed by atoms with Crippen molar-refractivity contribution in [1.82, 2.24) is 4.98 Å². The number of nitrogens with one attached hydrogen (secondary N) is 1.